The first kappa shape index (κ1) is 14.2. The van der Waals surface area contributed by atoms with Gasteiger partial charge in [-0.15, -0.1) is 0 Å². The lowest BCUT2D eigenvalue weighted by atomic mass is 9.96. The van der Waals surface area contributed by atoms with E-state index in [1.165, 1.54) is 0 Å². The van der Waals surface area contributed by atoms with Gasteiger partial charge in [-0.25, -0.2) is 0 Å². The van der Waals surface area contributed by atoms with Crippen LogP contribution in [0, 0.1) is 6.92 Å². The first-order chi connectivity index (χ1) is 8.75. The fourth-order valence-corrected chi connectivity index (χ4v) is 3.10. The van der Waals surface area contributed by atoms with Crippen molar-refractivity contribution < 1.29 is 4.79 Å². The largest absolute Gasteiger partial charge is 0.398 e. The number of carbonyl (C=O) groups is 1. The van der Waals surface area contributed by atoms with Gasteiger partial charge < -0.3 is 15.5 Å². The Morgan fingerprint density at radius 2 is 1.95 bits per heavy atom. The molecule has 1 aromatic carbocycles. The molecule has 0 spiro atoms. The fraction of sp³-hybridized carbons (Fsp3) is 0.500. The summed E-state index contributed by atoms with van der Waals surface area (Å²) in [4.78, 5) is 16.3. The number of nitrogen functional groups attached to an aromatic ring is 1. The lowest BCUT2D eigenvalue weighted by molar-refractivity contribution is -0.136. The molecule has 4 nitrogen and oxygen atoms in total. The summed E-state index contributed by atoms with van der Waals surface area (Å²) in [5.41, 5.74) is 8.18. The van der Waals surface area contributed by atoms with Crippen LogP contribution in [0.5, 0.6) is 0 Å². The molecule has 0 atom stereocenters. The Morgan fingerprint density at radius 3 is 2.58 bits per heavy atom. The Bertz CT molecular complexity index is 528. The molecule has 2 rings (SSSR count). The zero-order chi connectivity index (χ0) is 14.4. The van der Waals surface area contributed by atoms with Crippen LogP contribution in [0.4, 0.5) is 11.4 Å². The quantitative estimate of drug-likeness (QED) is 0.806. The predicted molar refractivity (Wildman–Crippen MR) is 82.4 cm³/mol. The van der Waals surface area contributed by atoms with Gasteiger partial charge >= 0.3 is 0 Å². The van der Waals surface area contributed by atoms with Crippen molar-refractivity contribution in [2.24, 2.45) is 0 Å². The zero-order valence-corrected chi connectivity index (χ0v) is 13.4. The Labute approximate surface area is 122 Å². The summed E-state index contributed by atoms with van der Waals surface area (Å²) >= 11 is 3.56. The van der Waals surface area contributed by atoms with Gasteiger partial charge in [-0.05, 0) is 54.4 Å². The molecule has 19 heavy (non-hydrogen) atoms. The van der Waals surface area contributed by atoms with E-state index < -0.39 is 5.54 Å². The number of likely N-dealkylation sites (N-methyl/N-ethyl adjacent to an activating group) is 1. The minimum Gasteiger partial charge on any atom is -0.398 e. The maximum Gasteiger partial charge on any atom is 0.247 e. The van der Waals surface area contributed by atoms with Crippen molar-refractivity contribution in [1.29, 1.82) is 0 Å². The molecule has 0 aliphatic carbocycles. The van der Waals surface area contributed by atoms with Crippen LogP contribution in [0.15, 0.2) is 16.6 Å². The predicted octanol–water partition coefficient (Wildman–Crippen LogP) is 2.40. The van der Waals surface area contributed by atoms with E-state index in [0.717, 1.165) is 34.5 Å². The number of aryl methyl sites for hydroxylation is 1. The molecular weight excluding hydrogens is 306 g/mol. The molecule has 0 radical (unpaired) electrons. The van der Waals surface area contributed by atoms with Gasteiger partial charge in [-0.1, -0.05) is 0 Å². The van der Waals surface area contributed by atoms with E-state index in [0.29, 0.717) is 0 Å². The van der Waals surface area contributed by atoms with Gasteiger partial charge in [-0.3, -0.25) is 4.79 Å². The summed E-state index contributed by atoms with van der Waals surface area (Å²) in [6.07, 6.45) is 0. The molecule has 1 saturated heterocycles. The maximum atomic E-state index is 12.3. The van der Waals surface area contributed by atoms with Crippen LogP contribution in [0.3, 0.4) is 0 Å². The van der Waals surface area contributed by atoms with Crippen molar-refractivity contribution >= 4 is 33.2 Å². The highest BCUT2D eigenvalue weighted by atomic mass is 79.9. The van der Waals surface area contributed by atoms with Crippen molar-refractivity contribution in [3.63, 3.8) is 0 Å². The number of piperazine rings is 1. The number of rotatable bonds is 1. The number of hydrogen-bond donors (Lipinski definition) is 1. The molecule has 0 saturated carbocycles. The van der Waals surface area contributed by atoms with Gasteiger partial charge in [0, 0.05) is 30.3 Å². The molecule has 0 aromatic heterocycles. The van der Waals surface area contributed by atoms with E-state index in [2.05, 4.69) is 20.8 Å². The minimum atomic E-state index is -0.544. The summed E-state index contributed by atoms with van der Waals surface area (Å²) in [7, 11) is 1.85. The lowest BCUT2D eigenvalue weighted by Crippen LogP contribution is -2.62. The molecule has 1 heterocycles. The van der Waals surface area contributed by atoms with E-state index >= 15 is 0 Å². The zero-order valence-electron chi connectivity index (χ0n) is 11.8. The van der Waals surface area contributed by atoms with Crippen LogP contribution < -0.4 is 10.6 Å². The van der Waals surface area contributed by atoms with E-state index in [1.807, 2.05) is 40.0 Å². The molecule has 0 unspecified atom stereocenters. The van der Waals surface area contributed by atoms with Gasteiger partial charge in [0.15, 0.2) is 0 Å². The van der Waals surface area contributed by atoms with Crippen molar-refractivity contribution in [1.82, 2.24) is 4.90 Å². The SMILES string of the molecule is Cc1cc(N2CCN(C)C(=O)C2(C)C)c(Br)cc1N. The molecule has 1 aliphatic heterocycles. The smallest absolute Gasteiger partial charge is 0.247 e. The number of halogens is 1. The number of nitrogens with two attached hydrogens (primary N) is 1. The van der Waals surface area contributed by atoms with E-state index in [1.54, 1.807) is 4.90 Å². The van der Waals surface area contributed by atoms with Crippen LogP contribution in [-0.2, 0) is 4.79 Å². The Morgan fingerprint density at radius 1 is 1.32 bits per heavy atom. The van der Waals surface area contributed by atoms with Crippen LogP contribution in [-0.4, -0.2) is 36.5 Å². The summed E-state index contributed by atoms with van der Waals surface area (Å²) in [5, 5.41) is 0. The normalized spacial score (nSPS) is 18.9. The van der Waals surface area contributed by atoms with Gasteiger partial charge in [0.05, 0.1) is 5.69 Å². The van der Waals surface area contributed by atoms with Crippen molar-refractivity contribution in [3.05, 3.63) is 22.2 Å². The summed E-state index contributed by atoms with van der Waals surface area (Å²) in [5.74, 6) is 0.139. The average molecular weight is 326 g/mol. The van der Waals surface area contributed by atoms with Gasteiger partial charge in [0.1, 0.15) is 5.54 Å². The molecule has 104 valence electrons. The summed E-state index contributed by atoms with van der Waals surface area (Å²) in [6.45, 7) is 7.46. The molecule has 1 aliphatic rings. The number of anilines is 2. The molecular formula is C14H20BrN3O. The Hall–Kier alpha value is -1.23. The highest BCUT2D eigenvalue weighted by Crippen LogP contribution is 2.36. The Kier molecular flexibility index (Phi) is 3.51. The average Bonchev–Trinajstić information content (AvgIpc) is 2.32. The third-order valence-electron chi connectivity index (χ3n) is 3.83. The third kappa shape index (κ3) is 2.31. The topological polar surface area (TPSA) is 49.6 Å². The first-order valence-electron chi connectivity index (χ1n) is 6.34. The van der Waals surface area contributed by atoms with Crippen molar-refractivity contribution in [3.8, 4) is 0 Å². The second-order valence-electron chi connectivity index (χ2n) is 5.60. The Balaban J connectivity index is 2.47. The van der Waals surface area contributed by atoms with Crippen LogP contribution in [0.2, 0.25) is 0 Å². The standard InChI is InChI=1S/C14H20BrN3O/c1-9-7-12(10(15)8-11(9)16)18-6-5-17(4)13(19)14(18,2)3/h7-8H,5-6,16H2,1-4H3. The third-order valence-corrected chi connectivity index (χ3v) is 4.47. The lowest BCUT2D eigenvalue weighted by Gasteiger charge is -2.46. The van der Waals surface area contributed by atoms with Crippen LogP contribution >= 0.6 is 15.9 Å². The molecule has 1 aromatic rings. The van der Waals surface area contributed by atoms with Gasteiger partial charge in [0.25, 0.3) is 0 Å². The molecule has 5 heteroatoms. The molecule has 2 N–H and O–H groups in total. The summed E-state index contributed by atoms with van der Waals surface area (Å²) in [6, 6.07) is 3.95. The molecule has 1 amide bonds. The van der Waals surface area contributed by atoms with Crippen molar-refractivity contribution in [2.45, 2.75) is 26.3 Å². The number of hydrogen-bond acceptors (Lipinski definition) is 3. The second kappa shape index (κ2) is 4.71. The number of carbonyl (C=O) groups excluding carboxylic acids is 1. The molecule has 1 fully saturated rings. The summed E-state index contributed by atoms with van der Waals surface area (Å²) < 4.78 is 0.932. The second-order valence-corrected chi connectivity index (χ2v) is 6.45. The number of amides is 1. The molecule has 0 bridgehead atoms. The van der Waals surface area contributed by atoms with Crippen LogP contribution in [0.25, 0.3) is 0 Å². The number of benzene rings is 1. The minimum absolute atomic E-state index is 0.139. The first-order valence-corrected chi connectivity index (χ1v) is 7.13. The highest BCUT2D eigenvalue weighted by molar-refractivity contribution is 9.10. The van der Waals surface area contributed by atoms with E-state index in [-0.39, 0.29) is 5.91 Å². The maximum absolute atomic E-state index is 12.3. The van der Waals surface area contributed by atoms with Crippen LogP contribution in [0.1, 0.15) is 19.4 Å². The van der Waals surface area contributed by atoms with Crippen molar-refractivity contribution in [2.75, 3.05) is 30.8 Å². The monoisotopic (exact) mass is 325 g/mol. The highest BCUT2D eigenvalue weighted by Gasteiger charge is 2.41. The van der Waals surface area contributed by atoms with Gasteiger partial charge in [-0.2, -0.15) is 0 Å². The fourth-order valence-electron chi connectivity index (χ4n) is 2.52. The number of nitrogens with zero attached hydrogens (tertiary/aromatic N) is 2. The van der Waals surface area contributed by atoms with Gasteiger partial charge in [0.2, 0.25) is 5.91 Å². The van der Waals surface area contributed by atoms with E-state index in [9.17, 15) is 4.79 Å². The van der Waals surface area contributed by atoms with E-state index in [4.69, 9.17) is 5.73 Å².